The third kappa shape index (κ3) is 4.02. The van der Waals surface area contributed by atoms with E-state index in [-0.39, 0.29) is 5.91 Å². The monoisotopic (exact) mass is 275 g/mol. The van der Waals surface area contributed by atoms with Crippen molar-refractivity contribution in [3.8, 4) is 0 Å². The number of hydrogen-bond acceptors (Lipinski definition) is 3. The minimum Gasteiger partial charge on any atom is -0.480 e. The third-order valence-electron chi connectivity index (χ3n) is 2.55. The zero-order chi connectivity index (χ0) is 13.0. The summed E-state index contributed by atoms with van der Waals surface area (Å²) in [5, 5.41) is 8.78. The number of halogens is 1. The summed E-state index contributed by atoms with van der Waals surface area (Å²) < 4.78 is 0.694. The van der Waals surface area contributed by atoms with Crippen LogP contribution in [0.25, 0.3) is 0 Å². The van der Waals surface area contributed by atoms with Crippen molar-refractivity contribution < 1.29 is 14.7 Å². The standard InChI is InChI=1S/C11H14ClNO3S/c1-7(11(15)16)13(2)10(14)6-4-8-3-5-9(12)17-8/h3,5,7H,4,6H2,1-2H3,(H,15,16). The molecule has 94 valence electrons. The molecule has 6 heteroatoms. The van der Waals surface area contributed by atoms with Crippen molar-refractivity contribution in [1.82, 2.24) is 4.90 Å². The molecule has 0 aliphatic rings. The topological polar surface area (TPSA) is 57.6 Å². The maximum absolute atomic E-state index is 11.7. The molecule has 0 fully saturated rings. The molecule has 0 spiro atoms. The fourth-order valence-corrected chi connectivity index (χ4v) is 2.36. The third-order valence-corrected chi connectivity index (χ3v) is 3.84. The van der Waals surface area contributed by atoms with Crippen LogP contribution in [-0.4, -0.2) is 35.0 Å². The Balaban J connectivity index is 2.47. The van der Waals surface area contributed by atoms with Gasteiger partial charge in [0.1, 0.15) is 6.04 Å². The molecular formula is C11H14ClNO3S. The van der Waals surface area contributed by atoms with E-state index in [1.807, 2.05) is 6.07 Å². The molecule has 0 saturated heterocycles. The molecular weight excluding hydrogens is 262 g/mol. The molecule has 1 rings (SSSR count). The summed E-state index contributed by atoms with van der Waals surface area (Å²) >= 11 is 7.21. The molecule has 1 heterocycles. The summed E-state index contributed by atoms with van der Waals surface area (Å²) in [4.78, 5) is 24.7. The van der Waals surface area contributed by atoms with Crippen LogP contribution in [0.3, 0.4) is 0 Å². The predicted molar refractivity (Wildman–Crippen MR) is 67.5 cm³/mol. The molecule has 4 nitrogen and oxygen atoms in total. The maximum atomic E-state index is 11.7. The van der Waals surface area contributed by atoms with E-state index in [0.717, 1.165) is 4.88 Å². The highest BCUT2D eigenvalue weighted by atomic mass is 35.5. The van der Waals surface area contributed by atoms with Gasteiger partial charge in [0, 0.05) is 18.3 Å². The first-order valence-corrected chi connectivity index (χ1v) is 6.34. The van der Waals surface area contributed by atoms with Crippen LogP contribution in [0, 0.1) is 0 Å². The summed E-state index contributed by atoms with van der Waals surface area (Å²) in [6.45, 7) is 1.49. The van der Waals surface area contributed by atoms with E-state index in [2.05, 4.69) is 0 Å². The number of hydrogen-bond donors (Lipinski definition) is 1. The second-order valence-corrected chi connectivity index (χ2v) is 5.52. The highest BCUT2D eigenvalue weighted by Gasteiger charge is 2.21. The number of carbonyl (C=O) groups is 2. The van der Waals surface area contributed by atoms with E-state index in [1.165, 1.54) is 30.2 Å². The number of carboxylic acids is 1. The molecule has 0 radical (unpaired) electrons. The van der Waals surface area contributed by atoms with Gasteiger partial charge in [-0.15, -0.1) is 11.3 Å². The number of aliphatic carboxylic acids is 1. The lowest BCUT2D eigenvalue weighted by Crippen LogP contribution is -2.40. The minimum absolute atomic E-state index is 0.176. The van der Waals surface area contributed by atoms with Crippen LogP contribution in [0.4, 0.5) is 0 Å². The summed E-state index contributed by atoms with van der Waals surface area (Å²) in [5.41, 5.74) is 0. The van der Waals surface area contributed by atoms with Crippen LogP contribution < -0.4 is 0 Å². The Morgan fingerprint density at radius 1 is 1.53 bits per heavy atom. The molecule has 0 aliphatic heterocycles. The SMILES string of the molecule is CC(C(=O)O)N(C)C(=O)CCc1ccc(Cl)s1. The quantitative estimate of drug-likeness (QED) is 0.897. The molecule has 0 bridgehead atoms. The van der Waals surface area contributed by atoms with E-state index < -0.39 is 12.0 Å². The molecule has 1 aromatic heterocycles. The van der Waals surface area contributed by atoms with Crippen LogP contribution >= 0.6 is 22.9 Å². The van der Waals surface area contributed by atoms with E-state index in [1.54, 1.807) is 6.07 Å². The van der Waals surface area contributed by atoms with E-state index >= 15 is 0 Å². The van der Waals surface area contributed by atoms with Gasteiger partial charge in [-0.2, -0.15) is 0 Å². The molecule has 1 atom stereocenters. The predicted octanol–water partition coefficient (Wildman–Crippen LogP) is 2.27. The van der Waals surface area contributed by atoms with Crippen molar-refractivity contribution in [1.29, 1.82) is 0 Å². The van der Waals surface area contributed by atoms with E-state index in [9.17, 15) is 9.59 Å². The summed E-state index contributed by atoms with van der Waals surface area (Å²) in [5.74, 6) is -1.18. The van der Waals surface area contributed by atoms with Crippen LogP contribution in [-0.2, 0) is 16.0 Å². The zero-order valence-corrected chi connectivity index (χ0v) is 11.2. The number of amides is 1. The highest BCUT2D eigenvalue weighted by Crippen LogP contribution is 2.22. The Labute approximate surface area is 109 Å². The van der Waals surface area contributed by atoms with Gasteiger partial charge in [0.25, 0.3) is 0 Å². The number of nitrogens with zero attached hydrogens (tertiary/aromatic N) is 1. The van der Waals surface area contributed by atoms with Crippen LogP contribution in [0.1, 0.15) is 18.2 Å². The van der Waals surface area contributed by atoms with Crippen molar-refractivity contribution in [3.63, 3.8) is 0 Å². The van der Waals surface area contributed by atoms with Crippen molar-refractivity contribution in [3.05, 3.63) is 21.3 Å². The Kier molecular flexibility index (Phi) is 4.96. The van der Waals surface area contributed by atoms with Crippen molar-refractivity contribution >= 4 is 34.8 Å². The molecule has 0 saturated carbocycles. The largest absolute Gasteiger partial charge is 0.480 e. The van der Waals surface area contributed by atoms with Gasteiger partial charge in [0.05, 0.1) is 4.34 Å². The Hall–Kier alpha value is -1.07. The lowest BCUT2D eigenvalue weighted by atomic mass is 10.2. The van der Waals surface area contributed by atoms with Crippen molar-refractivity contribution in [2.24, 2.45) is 0 Å². The van der Waals surface area contributed by atoms with Gasteiger partial charge in [-0.1, -0.05) is 11.6 Å². The molecule has 1 amide bonds. The fourth-order valence-electron chi connectivity index (χ4n) is 1.27. The lowest BCUT2D eigenvalue weighted by Gasteiger charge is -2.21. The Bertz CT molecular complexity index is 419. The van der Waals surface area contributed by atoms with Gasteiger partial charge in [-0.25, -0.2) is 4.79 Å². The zero-order valence-electron chi connectivity index (χ0n) is 9.64. The number of thiophene rings is 1. The lowest BCUT2D eigenvalue weighted by molar-refractivity contribution is -0.148. The first-order chi connectivity index (χ1) is 7.91. The van der Waals surface area contributed by atoms with Gasteiger partial charge >= 0.3 is 5.97 Å². The first kappa shape index (κ1) is 14.0. The normalized spacial score (nSPS) is 12.2. The number of likely N-dealkylation sites (N-methyl/N-ethyl adjacent to an activating group) is 1. The molecule has 0 aliphatic carbocycles. The van der Waals surface area contributed by atoms with E-state index in [0.29, 0.717) is 17.2 Å². The minimum atomic E-state index is -1.000. The second kappa shape index (κ2) is 6.02. The smallest absolute Gasteiger partial charge is 0.326 e. The van der Waals surface area contributed by atoms with Crippen molar-refractivity contribution in [2.75, 3.05) is 7.05 Å². The van der Waals surface area contributed by atoms with Crippen LogP contribution in [0.5, 0.6) is 0 Å². The molecule has 17 heavy (non-hydrogen) atoms. The van der Waals surface area contributed by atoms with Crippen LogP contribution in [0.15, 0.2) is 12.1 Å². The highest BCUT2D eigenvalue weighted by molar-refractivity contribution is 7.16. The molecule has 1 N–H and O–H groups in total. The summed E-state index contributed by atoms with van der Waals surface area (Å²) in [6, 6.07) is 2.87. The average molecular weight is 276 g/mol. The van der Waals surface area contributed by atoms with E-state index in [4.69, 9.17) is 16.7 Å². The van der Waals surface area contributed by atoms with Gasteiger partial charge in [-0.3, -0.25) is 4.79 Å². The number of aryl methyl sites for hydroxylation is 1. The van der Waals surface area contributed by atoms with Crippen molar-refractivity contribution in [2.45, 2.75) is 25.8 Å². The van der Waals surface area contributed by atoms with Gasteiger partial charge in [-0.05, 0) is 25.5 Å². The fraction of sp³-hybridized carbons (Fsp3) is 0.455. The van der Waals surface area contributed by atoms with Crippen LogP contribution in [0.2, 0.25) is 4.34 Å². The average Bonchev–Trinajstić information content (AvgIpc) is 2.69. The molecule has 1 unspecified atom stereocenters. The summed E-state index contributed by atoms with van der Waals surface area (Å²) in [7, 11) is 1.50. The second-order valence-electron chi connectivity index (χ2n) is 3.72. The first-order valence-electron chi connectivity index (χ1n) is 5.14. The number of rotatable bonds is 5. The summed E-state index contributed by atoms with van der Waals surface area (Å²) in [6.07, 6.45) is 0.887. The maximum Gasteiger partial charge on any atom is 0.326 e. The number of carbonyl (C=O) groups excluding carboxylic acids is 1. The van der Waals surface area contributed by atoms with Gasteiger partial charge < -0.3 is 10.0 Å². The Morgan fingerprint density at radius 3 is 2.65 bits per heavy atom. The Morgan fingerprint density at radius 2 is 2.18 bits per heavy atom. The molecule has 0 aromatic carbocycles. The van der Waals surface area contributed by atoms with Gasteiger partial charge in [0.2, 0.25) is 5.91 Å². The van der Waals surface area contributed by atoms with Gasteiger partial charge in [0.15, 0.2) is 0 Å². The number of carboxylic acid groups (broad SMARTS) is 1. The molecule has 1 aromatic rings.